The normalized spacial score (nSPS) is 18.3. The zero-order chi connectivity index (χ0) is 16.1. The molecule has 0 N–H and O–H groups in total. The van der Waals surface area contributed by atoms with Crippen molar-refractivity contribution in [3.8, 4) is 11.5 Å². The Kier molecular flexibility index (Phi) is 5.38. The van der Waals surface area contributed by atoms with Crippen LogP contribution < -0.4 is 9.47 Å². The third-order valence-electron chi connectivity index (χ3n) is 3.63. The first kappa shape index (κ1) is 16.3. The van der Waals surface area contributed by atoms with Crippen LogP contribution in [-0.4, -0.2) is 50.6 Å². The highest BCUT2D eigenvalue weighted by molar-refractivity contribution is 6.01. The molecule has 0 amide bonds. The van der Waals surface area contributed by atoms with Gasteiger partial charge in [-0.2, -0.15) is 0 Å². The molecule has 0 spiro atoms. The number of esters is 1. The van der Waals surface area contributed by atoms with Crippen LogP contribution >= 0.6 is 0 Å². The zero-order valence-electron chi connectivity index (χ0n) is 13.1. The van der Waals surface area contributed by atoms with Crippen LogP contribution in [0.1, 0.15) is 12.5 Å². The second-order valence-electron chi connectivity index (χ2n) is 5.13. The summed E-state index contributed by atoms with van der Waals surface area (Å²) in [6.45, 7) is 3.25. The minimum absolute atomic E-state index is 0.0843. The molecule has 0 aliphatic carbocycles. The minimum atomic E-state index is -0.667. The van der Waals surface area contributed by atoms with Gasteiger partial charge in [0.05, 0.1) is 27.4 Å². The monoisotopic (exact) mass is 307 g/mol. The standard InChI is InChI=1S/C16H21NO5/c1-4-22-16(19)12-9-17(10-13(12)18)8-11-5-6-14(20-2)15(7-11)21-3/h5-7,12H,4,8-10H2,1-3H3. The molecule has 6 heteroatoms. The number of rotatable bonds is 6. The third kappa shape index (κ3) is 3.57. The largest absolute Gasteiger partial charge is 0.493 e. The Bertz CT molecular complexity index is 557. The van der Waals surface area contributed by atoms with Gasteiger partial charge >= 0.3 is 5.97 Å². The Hall–Kier alpha value is -2.08. The smallest absolute Gasteiger partial charge is 0.317 e. The highest BCUT2D eigenvalue weighted by atomic mass is 16.5. The van der Waals surface area contributed by atoms with Gasteiger partial charge in [-0.25, -0.2) is 0 Å². The number of hydrogen-bond donors (Lipinski definition) is 0. The molecule has 1 saturated heterocycles. The first-order valence-electron chi connectivity index (χ1n) is 7.21. The summed E-state index contributed by atoms with van der Waals surface area (Å²) in [6, 6.07) is 5.62. The number of hydrogen-bond acceptors (Lipinski definition) is 6. The molecule has 0 radical (unpaired) electrons. The van der Waals surface area contributed by atoms with Crippen LogP contribution in [-0.2, 0) is 20.9 Å². The van der Waals surface area contributed by atoms with Crippen molar-refractivity contribution < 1.29 is 23.8 Å². The molecule has 0 aromatic heterocycles. The van der Waals surface area contributed by atoms with Crippen molar-refractivity contribution in [2.75, 3.05) is 33.9 Å². The first-order valence-corrected chi connectivity index (χ1v) is 7.21. The quantitative estimate of drug-likeness (QED) is 0.582. The van der Waals surface area contributed by atoms with Gasteiger partial charge in [0.2, 0.25) is 0 Å². The van der Waals surface area contributed by atoms with Gasteiger partial charge in [-0.3, -0.25) is 14.5 Å². The number of likely N-dealkylation sites (tertiary alicyclic amines) is 1. The molecule has 120 valence electrons. The Morgan fingerprint density at radius 3 is 2.64 bits per heavy atom. The molecule has 1 heterocycles. The molecule has 2 rings (SSSR count). The number of carbonyl (C=O) groups excluding carboxylic acids is 2. The minimum Gasteiger partial charge on any atom is -0.493 e. The SMILES string of the molecule is CCOC(=O)C1CN(Cc2ccc(OC)c(OC)c2)CC1=O. The van der Waals surface area contributed by atoms with Gasteiger partial charge in [0, 0.05) is 13.1 Å². The first-order chi connectivity index (χ1) is 10.6. The molecule has 1 aliphatic rings. The third-order valence-corrected chi connectivity index (χ3v) is 3.63. The molecule has 6 nitrogen and oxygen atoms in total. The van der Waals surface area contributed by atoms with Crippen LogP contribution in [0.4, 0.5) is 0 Å². The molecular formula is C16H21NO5. The summed E-state index contributed by atoms with van der Waals surface area (Å²) in [5, 5.41) is 0. The lowest BCUT2D eigenvalue weighted by Crippen LogP contribution is -2.25. The average molecular weight is 307 g/mol. The molecule has 0 saturated carbocycles. The van der Waals surface area contributed by atoms with Crippen molar-refractivity contribution in [3.05, 3.63) is 23.8 Å². The number of nitrogens with zero attached hydrogens (tertiary/aromatic N) is 1. The molecule has 1 aromatic rings. The summed E-state index contributed by atoms with van der Waals surface area (Å²) < 4.78 is 15.4. The molecule has 22 heavy (non-hydrogen) atoms. The van der Waals surface area contributed by atoms with Crippen LogP contribution in [0.5, 0.6) is 11.5 Å². The van der Waals surface area contributed by atoms with Gasteiger partial charge in [-0.15, -0.1) is 0 Å². The summed E-state index contributed by atoms with van der Waals surface area (Å²) in [7, 11) is 3.17. The van der Waals surface area contributed by atoms with Crippen LogP contribution in [0.2, 0.25) is 0 Å². The molecule has 1 unspecified atom stereocenters. The van der Waals surface area contributed by atoms with Crippen LogP contribution in [0, 0.1) is 5.92 Å². The van der Waals surface area contributed by atoms with Crippen molar-refractivity contribution in [1.29, 1.82) is 0 Å². The summed E-state index contributed by atoms with van der Waals surface area (Å²) in [6.07, 6.45) is 0. The second kappa shape index (κ2) is 7.26. The van der Waals surface area contributed by atoms with E-state index in [1.807, 2.05) is 23.1 Å². The molecular weight excluding hydrogens is 286 g/mol. The number of Topliss-reactive ketones (excluding diaryl/α,β-unsaturated/α-hetero) is 1. The fourth-order valence-corrected chi connectivity index (χ4v) is 2.56. The van der Waals surface area contributed by atoms with E-state index in [0.29, 0.717) is 24.6 Å². The van der Waals surface area contributed by atoms with Gasteiger partial charge in [0.15, 0.2) is 17.3 Å². The zero-order valence-corrected chi connectivity index (χ0v) is 13.1. The Labute approximate surface area is 129 Å². The number of carbonyl (C=O) groups is 2. The number of ether oxygens (including phenoxy) is 3. The summed E-state index contributed by atoms with van der Waals surface area (Å²) in [4.78, 5) is 25.6. The Morgan fingerprint density at radius 1 is 1.27 bits per heavy atom. The average Bonchev–Trinajstić information content (AvgIpc) is 2.88. The van der Waals surface area contributed by atoms with Gasteiger partial charge in [-0.1, -0.05) is 6.07 Å². The predicted octanol–water partition coefficient (Wildman–Crippen LogP) is 1.27. The van der Waals surface area contributed by atoms with Crippen LogP contribution in [0.25, 0.3) is 0 Å². The maximum absolute atomic E-state index is 11.9. The lowest BCUT2D eigenvalue weighted by atomic mass is 10.1. The van der Waals surface area contributed by atoms with E-state index in [9.17, 15) is 9.59 Å². The van der Waals surface area contributed by atoms with E-state index < -0.39 is 11.9 Å². The summed E-state index contributed by atoms with van der Waals surface area (Å²) in [5.74, 6) is 0.127. The van der Waals surface area contributed by atoms with Crippen molar-refractivity contribution in [1.82, 2.24) is 4.90 Å². The van der Waals surface area contributed by atoms with E-state index in [1.165, 1.54) is 0 Å². The number of ketones is 1. The van der Waals surface area contributed by atoms with E-state index >= 15 is 0 Å². The van der Waals surface area contributed by atoms with Crippen LogP contribution in [0.15, 0.2) is 18.2 Å². The van der Waals surface area contributed by atoms with Crippen molar-refractivity contribution in [3.63, 3.8) is 0 Å². The van der Waals surface area contributed by atoms with Crippen molar-refractivity contribution in [2.45, 2.75) is 13.5 Å². The summed E-state index contributed by atoms with van der Waals surface area (Å²) in [5.41, 5.74) is 0.995. The van der Waals surface area contributed by atoms with Gasteiger partial charge in [-0.05, 0) is 24.6 Å². The Balaban J connectivity index is 2.03. The van der Waals surface area contributed by atoms with E-state index in [2.05, 4.69) is 0 Å². The molecule has 1 aromatic carbocycles. The highest BCUT2D eigenvalue weighted by Gasteiger charge is 2.37. The van der Waals surface area contributed by atoms with Gasteiger partial charge < -0.3 is 14.2 Å². The molecule has 1 aliphatic heterocycles. The maximum atomic E-state index is 11.9. The predicted molar refractivity (Wildman–Crippen MR) is 80.0 cm³/mol. The van der Waals surface area contributed by atoms with E-state index in [-0.39, 0.29) is 18.9 Å². The summed E-state index contributed by atoms with van der Waals surface area (Å²) >= 11 is 0. The van der Waals surface area contributed by atoms with E-state index in [0.717, 1.165) is 5.56 Å². The van der Waals surface area contributed by atoms with E-state index in [4.69, 9.17) is 14.2 Å². The fourth-order valence-electron chi connectivity index (χ4n) is 2.56. The molecule has 0 bridgehead atoms. The number of methoxy groups -OCH3 is 2. The second-order valence-corrected chi connectivity index (χ2v) is 5.13. The fraction of sp³-hybridized carbons (Fsp3) is 0.500. The highest BCUT2D eigenvalue weighted by Crippen LogP contribution is 2.28. The number of benzene rings is 1. The topological polar surface area (TPSA) is 65.1 Å². The van der Waals surface area contributed by atoms with Gasteiger partial charge in [0.25, 0.3) is 0 Å². The Morgan fingerprint density at radius 2 is 2.00 bits per heavy atom. The van der Waals surface area contributed by atoms with Crippen molar-refractivity contribution in [2.24, 2.45) is 5.92 Å². The van der Waals surface area contributed by atoms with Gasteiger partial charge in [0.1, 0.15) is 5.92 Å². The molecule has 1 fully saturated rings. The molecule has 1 atom stereocenters. The van der Waals surface area contributed by atoms with Crippen LogP contribution in [0.3, 0.4) is 0 Å². The maximum Gasteiger partial charge on any atom is 0.317 e. The van der Waals surface area contributed by atoms with E-state index in [1.54, 1.807) is 21.1 Å². The lowest BCUT2D eigenvalue weighted by Gasteiger charge is -2.16. The lowest BCUT2D eigenvalue weighted by molar-refractivity contribution is -0.149. The van der Waals surface area contributed by atoms with Crippen molar-refractivity contribution >= 4 is 11.8 Å².